The van der Waals surface area contributed by atoms with Crippen molar-refractivity contribution in [1.82, 2.24) is 10.2 Å². The van der Waals surface area contributed by atoms with Gasteiger partial charge in [0.05, 0.1) is 12.2 Å². The predicted molar refractivity (Wildman–Crippen MR) is 222 cm³/mol. The van der Waals surface area contributed by atoms with E-state index in [1.807, 2.05) is 91.0 Å². The van der Waals surface area contributed by atoms with Crippen molar-refractivity contribution in [1.29, 1.82) is 0 Å². The third-order valence-electron chi connectivity index (χ3n) is 11.0. The Bertz CT molecular complexity index is 2250. The molecule has 2 amide bonds. The smallest absolute Gasteiger partial charge is 0.348 e. The first-order valence-electron chi connectivity index (χ1n) is 20.1. The van der Waals surface area contributed by atoms with E-state index in [0.717, 1.165) is 11.6 Å². The number of cyclic esters (lactones) is 1. The molecule has 0 bridgehead atoms. The van der Waals surface area contributed by atoms with Gasteiger partial charge in [-0.25, -0.2) is 14.4 Å². The molecule has 2 heterocycles. The Labute approximate surface area is 353 Å². The summed E-state index contributed by atoms with van der Waals surface area (Å²) in [6.45, 7) is 3.37. The average Bonchev–Trinajstić information content (AvgIpc) is 3.81. The van der Waals surface area contributed by atoms with Gasteiger partial charge in [-0.15, -0.1) is 0 Å². The van der Waals surface area contributed by atoms with Crippen molar-refractivity contribution >= 4 is 35.8 Å². The number of fused-ring (bicyclic) bond motifs is 1. The van der Waals surface area contributed by atoms with Gasteiger partial charge < -0.3 is 39.0 Å². The summed E-state index contributed by atoms with van der Waals surface area (Å²) in [4.78, 5) is 68.9. The molecule has 3 aliphatic rings. The summed E-state index contributed by atoms with van der Waals surface area (Å²) >= 11 is 0. The van der Waals surface area contributed by atoms with Gasteiger partial charge in [0, 0.05) is 54.6 Å². The zero-order valence-electron chi connectivity index (χ0n) is 34.1. The first kappa shape index (κ1) is 42.7. The Balaban J connectivity index is 1.20. The lowest BCUT2D eigenvalue weighted by Gasteiger charge is -2.33. The highest BCUT2D eigenvalue weighted by atomic mass is 16.8. The molecule has 2 saturated heterocycles. The second-order valence-corrected chi connectivity index (χ2v) is 15.8. The Morgan fingerprint density at radius 2 is 1.49 bits per heavy atom. The molecule has 4 aromatic rings. The summed E-state index contributed by atoms with van der Waals surface area (Å²) in [5, 5.41) is 12.2. The molecule has 2 fully saturated rings. The van der Waals surface area contributed by atoms with Crippen LogP contribution in [0.15, 0.2) is 133 Å². The van der Waals surface area contributed by atoms with E-state index >= 15 is 0 Å². The van der Waals surface area contributed by atoms with Crippen LogP contribution in [0.2, 0.25) is 0 Å². The molecule has 0 radical (unpaired) electrons. The number of aliphatic hydroxyl groups excluding tert-OH is 1. The summed E-state index contributed by atoms with van der Waals surface area (Å²) in [5.74, 6) is -4.57. The fourth-order valence-corrected chi connectivity index (χ4v) is 7.77. The maximum absolute atomic E-state index is 14.6. The number of benzene rings is 4. The van der Waals surface area contributed by atoms with Crippen LogP contribution in [0.1, 0.15) is 52.9 Å². The molecule has 5 atom stereocenters. The zero-order valence-corrected chi connectivity index (χ0v) is 34.1. The number of rotatable bonds is 14. The number of carbonyl (C=O) groups excluding carboxylic acids is 5. The minimum absolute atomic E-state index is 0.00798. The molecule has 316 valence electrons. The topological polar surface area (TPSA) is 167 Å². The molecule has 2 aliphatic heterocycles. The highest BCUT2D eigenvalue weighted by Gasteiger charge is 2.55. The van der Waals surface area contributed by atoms with Gasteiger partial charge >= 0.3 is 17.9 Å². The van der Waals surface area contributed by atoms with Crippen LogP contribution in [0.25, 0.3) is 6.08 Å². The molecular weight excluding hydrogens is 781 g/mol. The molecule has 61 heavy (non-hydrogen) atoms. The predicted octanol–water partition coefficient (Wildman–Crippen LogP) is 4.91. The minimum Gasteiger partial charge on any atom is -0.462 e. The molecule has 0 aromatic heterocycles. The van der Waals surface area contributed by atoms with E-state index < -0.39 is 71.4 Å². The molecule has 1 aliphatic carbocycles. The first-order chi connectivity index (χ1) is 29.4. The molecule has 0 spiro atoms. The molecule has 13 heteroatoms. The fraction of sp³-hybridized carbons (Fsp3) is 0.312. The van der Waals surface area contributed by atoms with Crippen LogP contribution in [0.5, 0.6) is 0 Å². The summed E-state index contributed by atoms with van der Waals surface area (Å²) in [6.07, 6.45) is 0.371. The third kappa shape index (κ3) is 9.34. The number of likely N-dealkylation sites (N-methyl/N-ethyl adjacent to an activating group) is 1. The molecular formula is C48H48N2O11. The normalized spacial score (nSPS) is 21.7. The number of nitrogens with zero attached hydrogens (tertiary/aromatic N) is 1. The number of hydrogen-bond acceptors (Lipinski definition) is 11. The molecule has 5 unspecified atom stereocenters. The second-order valence-electron chi connectivity index (χ2n) is 15.8. The third-order valence-corrected chi connectivity index (χ3v) is 11.0. The Morgan fingerprint density at radius 1 is 0.869 bits per heavy atom. The highest BCUT2D eigenvalue weighted by molar-refractivity contribution is 5.98. The maximum Gasteiger partial charge on any atom is 0.348 e. The quantitative estimate of drug-likeness (QED) is 0.101. The van der Waals surface area contributed by atoms with Crippen LogP contribution >= 0.6 is 0 Å². The Morgan fingerprint density at radius 3 is 2.11 bits per heavy atom. The van der Waals surface area contributed by atoms with Crippen LogP contribution in [-0.4, -0.2) is 97.0 Å². The van der Waals surface area contributed by atoms with Gasteiger partial charge in [0.1, 0.15) is 31.0 Å². The van der Waals surface area contributed by atoms with E-state index in [-0.39, 0.29) is 43.7 Å². The Kier molecular flexibility index (Phi) is 12.9. The summed E-state index contributed by atoms with van der Waals surface area (Å²) in [6, 6.07) is 33.5. The van der Waals surface area contributed by atoms with Gasteiger partial charge in [0.15, 0.2) is 0 Å². The van der Waals surface area contributed by atoms with E-state index in [2.05, 4.69) is 5.32 Å². The van der Waals surface area contributed by atoms with Crippen LogP contribution in [0, 0.1) is 5.41 Å². The lowest BCUT2D eigenvalue weighted by Crippen LogP contribution is -2.51. The van der Waals surface area contributed by atoms with Crippen molar-refractivity contribution in [3.8, 4) is 0 Å². The minimum atomic E-state index is -1.45. The average molecular weight is 829 g/mol. The van der Waals surface area contributed by atoms with E-state index in [0.29, 0.717) is 16.7 Å². The number of amides is 2. The molecule has 7 rings (SSSR count). The second kappa shape index (κ2) is 18.5. The summed E-state index contributed by atoms with van der Waals surface area (Å²) < 4.78 is 30.6. The number of esters is 3. The fourth-order valence-electron chi connectivity index (χ4n) is 7.77. The van der Waals surface area contributed by atoms with Crippen molar-refractivity contribution in [3.05, 3.63) is 161 Å². The van der Waals surface area contributed by atoms with Crippen molar-refractivity contribution in [2.75, 3.05) is 26.8 Å². The van der Waals surface area contributed by atoms with Crippen LogP contribution < -0.4 is 5.32 Å². The zero-order chi connectivity index (χ0) is 43.1. The monoisotopic (exact) mass is 828 g/mol. The number of nitrogens with one attached hydrogen (secondary N) is 1. The standard InChI is InChI=1S/C48H48N2O11/c1-47(2)30-57-46(56)42(47)59-40(52)24-23-32-17-13-14-22-36(32)45(55)58-38-28-33(44(54)50(3)37(43(53)49-25-26-51)27-31-15-7-4-8-16-31)29-39-41(38)61-48(60-39,34-18-9-5-10-19-34)35-20-11-6-12-21-35/h4-24,29,37-39,41-42,51H,25-28,30H2,1-3H3,(H,49,53). The van der Waals surface area contributed by atoms with E-state index in [9.17, 15) is 29.1 Å². The summed E-state index contributed by atoms with van der Waals surface area (Å²) in [5.41, 5.74) is 2.16. The van der Waals surface area contributed by atoms with Crippen LogP contribution in [-0.2, 0) is 55.1 Å². The molecule has 0 saturated carbocycles. The number of hydrogen-bond donors (Lipinski definition) is 2. The summed E-state index contributed by atoms with van der Waals surface area (Å²) in [7, 11) is 1.54. The van der Waals surface area contributed by atoms with Crippen molar-refractivity contribution in [3.63, 3.8) is 0 Å². The van der Waals surface area contributed by atoms with Gasteiger partial charge in [-0.3, -0.25) is 9.59 Å². The SMILES string of the molecule is CN(C(=O)C1=CC2OC(c3ccccc3)(c3ccccc3)OC2C(OC(=O)c2ccccc2C=CC(=O)OC2C(=O)OCC2(C)C)C1)C(Cc1ccccc1)C(=O)NCCO. The maximum atomic E-state index is 14.6. The Hall–Kier alpha value is -6.41. The lowest BCUT2D eigenvalue weighted by molar-refractivity contribution is -0.159. The van der Waals surface area contributed by atoms with Crippen molar-refractivity contribution in [2.45, 2.75) is 62.9 Å². The molecule has 2 N–H and O–H groups in total. The number of carbonyl (C=O) groups is 5. The van der Waals surface area contributed by atoms with Gasteiger partial charge in [0.2, 0.25) is 23.7 Å². The van der Waals surface area contributed by atoms with Crippen LogP contribution in [0.3, 0.4) is 0 Å². The first-order valence-corrected chi connectivity index (χ1v) is 20.1. The lowest BCUT2D eigenvalue weighted by atomic mass is 9.90. The van der Waals surface area contributed by atoms with E-state index in [4.69, 9.17) is 23.7 Å². The van der Waals surface area contributed by atoms with E-state index in [1.165, 1.54) is 18.0 Å². The van der Waals surface area contributed by atoms with E-state index in [1.54, 1.807) is 44.2 Å². The molecule has 4 aromatic carbocycles. The van der Waals surface area contributed by atoms with Gasteiger partial charge in [0.25, 0.3) is 0 Å². The highest BCUT2D eigenvalue weighted by Crippen LogP contribution is 2.47. The largest absolute Gasteiger partial charge is 0.462 e. The van der Waals surface area contributed by atoms with Crippen molar-refractivity contribution < 1.29 is 52.8 Å². The number of aliphatic hydroxyl groups is 1. The molecule has 13 nitrogen and oxygen atoms in total. The van der Waals surface area contributed by atoms with Crippen LogP contribution in [0.4, 0.5) is 0 Å². The van der Waals surface area contributed by atoms with Gasteiger partial charge in [-0.05, 0) is 29.3 Å². The van der Waals surface area contributed by atoms with Gasteiger partial charge in [-0.1, -0.05) is 123 Å². The number of ether oxygens (including phenoxy) is 5. The van der Waals surface area contributed by atoms with Gasteiger partial charge in [-0.2, -0.15) is 0 Å². The van der Waals surface area contributed by atoms with Crippen molar-refractivity contribution in [2.24, 2.45) is 5.41 Å².